The van der Waals surface area contributed by atoms with E-state index in [4.69, 9.17) is 0 Å². The molecule has 0 atom stereocenters. The molecule has 5 nitrogen and oxygen atoms in total. The van der Waals surface area contributed by atoms with Gasteiger partial charge in [-0.15, -0.1) is 0 Å². The minimum absolute atomic E-state index is 0.0986. The molecule has 0 radical (unpaired) electrons. The van der Waals surface area contributed by atoms with Gasteiger partial charge in [-0.05, 0) is 31.8 Å². The van der Waals surface area contributed by atoms with Gasteiger partial charge in [-0.3, -0.25) is 4.57 Å². The summed E-state index contributed by atoms with van der Waals surface area (Å²) in [6.45, 7) is 2.94. The molecule has 1 aromatic rings. The molecule has 0 aliphatic carbocycles. The number of rotatable bonds is 2. The highest BCUT2D eigenvalue weighted by atomic mass is 16.1. The third-order valence-corrected chi connectivity index (χ3v) is 2.53. The summed E-state index contributed by atoms with van der Waals surface area (Å²) < 4.78 is 1.65. The lowest BCUT2D eigenvalue weighted by Crippen LogP contribution is -2.31. The lowest BCUT2D eigenvalue weighted by molar-refractivity contribution is 0.330. The Kier molecular flexibility index (Phi) is 2.44. The fraction of sp³-hybridized carbons (Fsp3) is 0.750. The second-order valence-corrected chi connectivity index (χ2v) is 3.51. The normalized spacial score (nSPS) is 19.1. The van der Waals surface area contributed by atoms with Crippen LogP contribution in [-0.2, 0) is 6.54 Å². The minimum Gasteiger partial charge on any atom is -0.317 e. The van der Waals surface area contributed by atoms with E-state index in [0.717, 1.165) is 32.5 Å². The van der Waals surface area contributed by atoms with Crippen molar-refractivity contribution in [1.82, 2.24) is 20.1 Å². The van der Waals surface area contributed by atoms with Crippen molar-refractivity contribution < 1.29 is 0 Å². The van der Waals surface area contributed by atoms with Crippen LogP contribution >= 0.6 is 0 Å². The second kappa shape index (κ2) is 3.74. The summed E-state index contributed by atoms with van der Waals surface area (Å²) in [5, 5.41) is 9.40. The Labute approximate surface area is 76.2 Å². The van der Waals surface area contributed by atoms with E-state index in [-0.39, 0.29) is 5.69 Å². The highest BCUT2D eigenvalue weighted by Crippen LogP contribution is 2.12. The van der Waals surface area contributed by atoms with E-state index in [0.29, 0.717) is 5.92 Å². The van der Waals surface area contributed by atoms with E-state index >= 15 is 0 Å². The summed E-state index contributed by atoms with van der Waals surface area (Å²) in [5.74, 6) is 0.622. The summed E-state index contributed by atoms with van der Waals surface area (Å²) in [7, 11) is 0. The van der Waals surface area contributed by atoms with Crippen LogP contribution in [0.1, 0.15) is 12.8 Å². The van der Waals surface area contributed by atoms with E-state index < -0.39 is 0 Å². The predicted molar refractivity (Wildman–Crippen MR) is 48.4 cm³/mol. The van der Waals surface area contributed by atoms with Gasteiger partial charge in [0.15, 0.2) is 0 Å². The van der Waals surface area contributed by atoms with Gasteiger partial charge in [-0.1, -0.05) is 0 Å². The van der Waals surface area contributed by atoms with Crippen LogP contribution in [0.25, 0.3) is 0 Å². The number of aromatic nitrogens is 3. The molecule has 2 N–H and O–H groups in total. The maximum atomic E-state index is 11.1. The first-order valence-corrected chi connectivity index (χ1v) is 4.67. The standard InChI is InChI=1S/C8H14N4O/c13-8-11-10-6-12(8)5-7-1-3-9-4-2-7/h6-7,9H,1-5H2,(H,11,13). The largest absolute Gasteiger partial charge is 0.343 e. The van der Waals surface area contributed by atoms with Crippen LogP contribution in [-0.4, -0.2) is 27.9 Å². The molecule has 0 spiro atoms. The van der Waals surface area contributed by atoms with Gasteiger partial charge in [-0.25, -0.2) is 9.89 Å². The quantitative estimate of drug-likeness (QED) is 0.652. The molecule has 13 heavy (non-hydrogen) atoms. The van der Waals surface area contributed by atoms with Gasteiger partial charge in [0.1, 0.15) is 6.33 Å². The third-order valence-electron chi connectivity index (χ3n) is 2.53. The summed E-state index contributed by atoms with van der Waals surface area (Å²) in [6, 6.07) is 0. The van der Waals surface area contributed by atoms with Crippen LogP contribution in [0.2, 0.25) is 0 Å². The van der Waals surface area contributed by atoms with Gasteiger partial charge in [-0.2, -0.15) is 5.10 Å². The summed E-state index contributed by atoms with van der Waals surface area (Å²) >= 11 is 0. The van der Waals surface area contributed by atoms with E-state index in [9.17, 15) is 4.79 Å². The number of nitrogens with one attached hydrogen (secondary N) is 2. The molecule has 5 heteroatoms. The Hall–Kier alpha value is -1.10. The van der Waals surface area contributed by atoms with Crippen LogP contribution in [0.15, 0.2) is 11.1 Å². The fourth-order valence-corrected chi connectivity index (χ4v) is 1.74. The highest BCUT2D eigenvalue weighted by Gasteiger charge is 2.14. The molecule has 0 saturated carbocycles. The lowest BCUT2D eigenvalue weighted by Gasteiger charge is -2.22. The molecule has 0 aromatic carbocycles. The molecule has 0 amide bonds. The molecule has 1 aromatic heterocycles. The van der Waals surface area contributed by atoms with Crippen molar-refractivity contribution in [2.24, 2.45) is 5.92 Å². The molecule has 2 rings (SSSR count). The Morgan fingerprint density at radius 1 is 1.54 bits per heavy atom. The van der Waals surface area contributed by atoms with Crippen molar-refractivity contribution in [1.29, 1.82) is 0 Å². The fourth-order valence-electron chi connectivity index (χ4n) is 1.74. The maximum absolute atomic E-state index is 11.1. The molecule has 2 heterocycles. The summed E-state index contributed by atoms with van der Waals surface area (Å²) in [5.41, 5.74) is -0.0986. The zero-order valence-electron chi connectivity index (χ0n) is 7.49. The summed E-state index contributed by atoms with van der Waals surface area (Å²) in [6.07, 6.45) is 3.87. The van der Waals surface area contributed by atoms with Crippen molar-refractivity contribution >= 4 is 0 Å². The van der Waals surface area contributed by atoms with E-state index in [2.05, 4.69) is 15.5 Å². The van der Waals surface area contributed by atoms with Crippen LogP contribution in [0, 0.1) is 5.92 Å². The number of hydrogen-bond acceptors (Lipinski definition) is 3. The average Bonchev–Trinajstić information content (AvgIpc) is 2.54. The second-order valence-electron chi connectivity index (χ2n) is 3.51. The van der Waals surface area contributed by atoms with Crippen LogP contribution < -0.4 is 11.0 Å². The minimum atomic E-state index is -0.0986. The number of nitrogens with zero attached hydrogens (tertiary/aromatic N) is 2. The Morgan fingerprint density at radius 3 is 2.92 bits per heavy atom. The predicted octanol–water partition coefficient (Wildman–Crippen LogP) is -0.429. The van der Waals surface area contributed by atoms with Gasteiger partial charge in [0, 0.05) is 6.54 Å². The molecule has 0 bridgehead atoms. The van der Waals surface area contributed by atoms with Crippen molar-refractivity contribution in [2.75, 3.05) is 13.1 Å². The number of H-pyrrole nitrogens is 1. The van der Waals surface area contributed by atoms with E-state index in [1.54, 1.807) is 10.9 Å². The molecule has 1 saturated heterocycles. The van der Waals surface area contributed by atoms with Gasteiger partial charge in [0.25, 0.3) is 0 Å². The van der Waals surface area contributed by atoms with E-state index in [1.165, 1.54) is 0 Å². The monoisotopic (exact) mass is 182 g/mol. The van der Waals surface area contributed by atoms with Crippen LogP contribution in [0.4, 0.5) is 0 Å². The van der Waals surface area contributed by atoms with Gasteiger partial charge < -0.3 is 5.32 Å². The molecule has 1 fully saturated rings. The van der Waals surface area contributed by atoms with Crippen molar-refractivity contribution in [3.8, 4) is 0 Å². The van der Waals surface area contributed by atoms with Gasteiger partial charge in [0.05, 0.1) is 0 Å². The van der Waals surface area contributed by atoms with Crippen LogP contribution in [0.5, 0.6) is 0 Å². The average molecular weight is 182 g/mol. The zero-order chi connectivity index (χ0) is 9.10. The van der Waals surface area contributed by atoms with Crippen molar-refractivity contribution in [2.45, 2.75) is 19.4 Å². The first kappa shape index (κ1) is 8.50. The number of hydrogen-bond donors (Lipinski definition) is 2. The molecule has 0 unspecified atom stereocenters. The number of piperidine rings is 1. The highest BCUT2D eigenvalue weighted by molar-refractivity contribution is 4.72. The van der Waals surface area contributed by atoms with Gasteiger partial charge >= 0.3 is 5.69 Å². The number of aromatic amines is 1. The van der Waals surface area contributed by atoms with Crippen LogP contribution in [0.3, 0.4) is 0 Å². The molecule has 1 aliphatic heterocycles. The van der Waals surface area contributed by atoms with Crippen molar-refractivity contribution in [3.05, 3.63) is 16.8 Å². The van der Waals surface area contributed by atoms with Crippen molar-refractivity contribution in [3.63, 3.8) is 0 Å². The Morgan fingerprint density at radius 2 is 2.31 bits per heavy atom. The molecular weight excluding hydrogens is 168 g/mol. The smallest absolute Gasteiger partial charge is 0.317 e. The molecule has 72 valence electrons. The topological polar surface area (TPSA) is 62.7 Å². The SMILES string of the molecule is O=c1[nH]ncn1CC1CCNCC1. The third kappa shape index (κ3) is 1.98. The lowest BCUT2D eigenvalue weighted by atomic mass is 9.98. The van der Waals surface area contributed by atoms with E-state index in [1.807, 2.05) is 0 Å². The molecular formula is C8H14N4O. The first-order valence-electron chi connectivity index (χ1n) is 4.67. The molecule has 1 aliphatic rings. The summed E-state index contributed by atoms with van der Waals surface area (Å²) in [4.78, 5) is 11.1. The van der Waals surface area contributed by atoms with Gasteiger partial charge in [0.2, 0.25) is 0 Å². The Bertz CT molecular complexity index is 310. The first-order chi connectivity index (χ1) is 6.36. The zero-order valence-corrected chi connectivity index (χ0v) is 7.49. The Balaban J connectivity index is 1.97. The maximum Gasteiger partial charge on any atom is 0.343 e.